The first-order valence-corrected chi connectivity index (χ1v) is 13.3. The highest BCUT2D eigenvalue weighted by Crippen LogP contribution is 2.36. The monoisotopic (exact) mass is 586 g/mol. The van der Waals surface area contributed by atoms with Gasteiger partial charge in [0, 0.05) is 0 Å². The van der Waals surface area contributed by atoms with E-state index in [9.17, 15) is 9.59 Å². The summed E-state index contributed by atoms with van der Waals surface area (Å²) >= 11 is 4.75. The average Bonchev–Trinajstić information content (AvgIpc) is 3.17. The number of aromatic nitrogens is 1. The van der Waals surface area contributed by atoms with Gasteiger partial charge in [-0.3, -0.25) is 9.36 Å². The van der Waals surface area contributed by atoms with Crippen molar-refractivity contribution in [1.82, 2.24) is 4.57 Å². The number of methoxy groups -OCH3 is 2. The fourth-order valence-electron chi connectivity index (χ4n) is 4.16. The summed E-state index contributed by atoms with van der Waals surface area (Å²) in [5.74, 6) is 1.25. The average molecular weight is 587 g/mol. The molecule has 0 saturated carbocycles. The van der Waals surface area contributed by atoms with E-state index in [1.165, 1.54) is 11.3 Å². The Kier molecular flexibility index (Phi) is 8.19. The maximum absolute atomic E-state index is 13.8. The Morgan fingerprint density at radius 1 is 1.08 bits per heavy atom. The number of fused-ring (bicyclic) bond motifs is 1. The topological polar surface area (TPSA) is 88.4 Å². The van der Waals surface area contributed by atoms with E-state index in [4.69, 9.17) is 18.9 Å². The lowest BCUT2D eigenvalue weighted by molar-refractivity contribution is -0.139. The van der Waals surface area contributed by atoms with Crippen LogP contribution in [0.15, 0.2) is 61.9 Å². The molecule has 3 aromatic rings. The van der Waals surface area contributed by atoms with E-state index in [-0.39, 0.29) is 12.2 Å². The van der Waals surface area contributed by atoms with Crippen molar-refractivity contribution in [2.24, 2.45) is 4.99 Å². The predicted octanol–water partition coefficient (Wildman–Crippen LogP) is 3.98. The van der Waals surface area contributed by atoms with Crippen molar-refractivity contribution in [3.8, 4) is 17.2 Å². The molecule has 8 nitrogen and oxygen atoms in total. The molecule has 1 aliphatic heterocycles. The van der Waals surface area contributed by atoms with E-state index < -0.39 is 12.0 Å². The van der Waals surface area contributed by atoms with Gasteiger partial charge in [0.15, 0.2) is 16.3 Å². The van der Waals surface area contributed by atoms with Crippen molar-refractivity contribution < 1.29 is 23.7 Å². The first kappa shape index (κ1) is 26.7. The predicted molar refractivity (Wildman–Crippen MR) is 145 cm³/mol. The Hall–Kier alpha value is -3.37. The maximum atomic E-state index is 13.8. The molecule has 0 N–H and O–H groups in total. The van der Waals surface area contributed by atoms with Gasteiger partial charge in [0.05, 0.1) is 53.8 Å². The minimum Gasteiger partial charge on any atom is -0.496 e. The number of allylic oxidation sites excluding steroid dienone is 1. The molecule has 1 aliphatic rings. The van der Waals surface area contributed by atoms with E-state index >= 15 is 0 Å². The third-order valence-corrected chi connectivity index (χ3v) is 7.40. The third-order valence-electron chi connectivity index (χ3n) is 5.79. The number of nitrogens with zero attached hydrogens (tertiary/aromatic N) is 2. The second-order valence-electron chi connectivity index (χ2n) is 8.04. The zero-order valence-electron chi connectivity index (χ0n) is 21.2. The molecule has 0 bridgehead atoms. The van der Waals surface area contributed by atoms with Crippen molar-refractivity contribution in [3.63, 3.8) is 0 Å². The summed E-state index contributed by atoms with van der Waals surface area (Å²) in [4.78, 5) is 32.0. The van der Waals surface area contributed by atoms with Crippen LogP contribution in [0.5, 0.6) is 17.2 Å². The molecule has 0 unspecified atom stereocenters. The van der Waals surface area contributed by atoms with E-state index in [2.05, 4.69) is 20.9 Å². The van der Waals surface area contributed by atoms with Gasteiger partial charge in [-0.1, -0.05) is 23.5 Å². The van der Waals surface area contributed by atoms with Crippen LogP contribution in [-0.4, -0.2) is 38.0 Å². The summed E-state index contributed by atoms with van der Waals surface area (Å²) in [6.45, 7) is 6.00. The number of halogens is 1. The summed E-state index contributed by atoms with van der Waals surface area (Å²) in [6.07, 6.45) is 1.80. The summed E-state index contributed by atoms with van der Waals surface area (Å²) in [5, 5.41) is 0. The molecule has 2 heterocycles. The number of carbonyl (C=O) groups excluding carboxylic acids is 1. The lowest BCUT2D eigenvalue weighted by Gasteiger charge is -2.25. The number of rotatable bonds is 8. The Balaban J connectivity index is 1.94. The SMILES string of the molecule is CCOC(=O)C1=C(C)N=c2sc(=Cc3ccc(OC)c(Br)c3)c(=O)n2[C@@H]1c1ccc(OC)c(OCC)c1. The van der Waals surface area contributed by atoms with Gasteiger partial charge in [-0.05, 0) is 78.2 Å². The number of hydrogen-bond donors (Lipinski definition) is 0. The van der Waals surface area contributed by atoms with Crippen LogP contribution in [0.3, 0.4) is 0 Å². The molecular formula is C27H27BrN2O6S. The molecule has 0 aliphatic carbocycles. The highest BCUT2D eigenvalue weighted by atomic mass is 79.9. The molecule has 0 saturated heterocycles. The fourth-order valence-corrected chi connectivity index (χ4v) is 5.77. The fraction of sp³-hybridized carbons (Fsp3) is 0.296. The van der Waals surface area contributed by atoms with Gasteiger partial charge in [-0.15, -0.1) is 0 Å². The Morgan fingerprint density at radius 2 is 1.81 bits per heavy atom. The standard InChI is InChI=1S/C27H27BrN2O6S/c1-6-35-21-14-17(9-11-20(21)34-5)24-23(26(32)36-7-2)15(3)29-27-30(24)25(31)22(37-27)13-16-8-10-19(33-4)18(28)12-16/h8-14,24H,6-7H2,1-5H3/t24-/m1/s1. The first-order valence-electron chi connectivity index (χ1n) is 11.7. The van der Waals surface area contributed by atoms with E-state index in [1.54, 1.807) is 50.8 Å². The van der Waals surface area contributed by atoms with Crippen molar-refractivity contribution >= 4 is 39.3 Å². The molecule has 10 heteroatoms. The Bertz CT molecular complexity index is 1560. The summed E-state index contributed by atoms with van der Waals surface area (Å²) in [5.41, 5.74) is 2.04. The van der Waals surface area contributed by atoms with E-state index in [0.29, 0.717) is 50.0 Å². The molecule has 0 spiro atoms. The zero-order chi connectivity index (χ0) is 26.7. The number of ether oxygens (including phenoxy) is 4. The van der Waals surface area contributed by atoms with Crippen LogP contribution >= 0.6 is 27.3 Å². The number of thiazole rings is 1. The molecule has 0 radical (unpaired) electrons. The van der Waals surface area contributed by atoms with Crippen LogP contribution in [0.1, 0.15) is 37.9 Å². The quantitative estimate of drug-likeness (QED) is 0.371. The highest BCUT2D eigenvalue weighted by Gasteiger charge is 2.34. The molecule has 1 atom stereocenters. The minimum absolute atomic E-state index is 0.200. The first-order chi connectivity index (χ1) is 17.8. The normalized spacial score (nSPS) is 15.2. The van der Waals surface area contributed by atoms with E-state index in [1.807, 2.05) is 31.2 Å². The van der Waals surface area contributed by atoms with Crippen molar-refractivity contribution in [1.29, 1.82) is 0 Å². The number of hydrogen-bond acceptors (Lipinski definition) is 8. The van der Waals surface area contributed by atoms with Gasteiger partial charge >= 0.3 is 5.97 Å². The number of benzene rings is 2. The van der Waals surface area contributed by atoms with Crippen LogP contribution in [0.25, 0.3) is 6.08 Å². The second-order valence-corrected chi connectivity index (χ2v) is 9.90. The van der Waals surface area contributed by atoms with Crippen LogP contribution in [0, 0.1) is 0 Å². The lowest BCUT2D eigenvalue weighted by Crippen LogP contribution is -2.40. The molecule has 37 heavy (non-hydrogen) atoms. The van der Waals surface area contributed by atoms with Crippen LogP contribution < -0.4 is 29.1 Å². The van der Waals surface area contributed by atoms with Gasteiger partial charge in [0.2, 0.25) is 0 Å². The van der Waals surface area contributed by atoms with Crippen LogP contribution in [0.2, 0.25) is 0 Å². The molecular weight excluding hydrogens is 560 g/mol. The molecule has 0 fully saturated rings. The van der Waals surface area contributed by atoms with Gasteiger partial charge in [0.25, 0.3) is 5.56 Å². The Labute approximate surface area is 226 Å². The second kappa shape index (κ2) is 11.4. The largest absolute Gasteiger partial charge is 0.496 e. The van der Waals surface area contributed by atoms with Crippen molar-refractivity contribution in [2.45, 2.75) is 26.8 Å². The molecule has 2 aromatic carbocycles. The van der Waals surface area contributed by atoms with Crippen molar-refractivity contribution in [2.75, 3.05) is 27.4 Å². The molecule has 4 rings (SSSR count). The van der Waals surface area contributed by atoms with Crippen LogP contribution in [0.4, 0.5) is 0 Å². The minimum atomic E-state index is -0.745. The smallest absolute Gasteiger partial charge is 0.338 e. The van der Waals surface area contributed by atoms with Gasteiger partial charge in [0.1, 0.15) is 5.75 Å². The van der Waals surface area contributed by atoms with E-state index in [0.717, 1.165) is 10.0 Å². The van der Waals surface area contributed by atoms with Crippen LogP contribution in [-0.2, 0) is 9.53 Å². The summed E-state index contributed by atoms with van der Waals surface area (Å²) in [7, 11) is 3.16. The Morgan fingerprint density at radius 3 is 2.46 bits per heavy atom. The van der Waals surface area contributed by atoms with Crippen molar-refractivity contribution in [3.05, 3.63) is 83.0 Å². The molecule has 194 valence electrons. The summed E-state index contributed by atoms with van der Waals surface area (Å²) < 4.78 is 24.7. The molecule has 1 aromatic heterocycles. The zero-order valence-corrected chi connectivity index (χ0v) is 23.6. The van der Waals surface area contributed by atoms with Gasteiger partial charge in [-0.25, -0.2) is 9.79 Å². The van der Waals surface area contributed by atoms with Gasteiger partial charge < -0.3 is 18.9 Å². The number of esters is 1. The lowest BCUT2D eigenvalue weighted by atomic mass is 9.95. The third kappa shape index (κ3) is 5.21. The summed E-state index contributed by atoms with van der Waals surface area (Å²) in [6, 6.07) is 10.2. The maximum Gasteiger partial charge on any atom is 0.338 e. The highest BCUT2D eigenvalue weighted by molar-refractivity contribution is 9.10. The van der Waals surface area contributed by atoms with Gasteiger partial charge in [-0.2, -0.15) is 0 Å². The number of carbonyl (C=O) groups is 1. The molecule has 0 amide bonds.